The van der Waals surface area contributed by atoms with E-state index in [4.69, 9.17) is 4.74 Å². The van der Waals surface area contributed by atoms with E-state index in [1.807, 2.05) is 13.8 Å². The Morgan fingerprint density at radius 3 is 2.46 bits per heavy atom. The molecule has 138 valence electrons. The molecule has 1 aromatic carbocycles. The normalized spacial score (nSPS) is 11.5. The van der Waals surface area contributed by atoms with Crippen LogP contribution >= 0.6 is 0 Å². The van der Waals surface area contributed by atoms with E-state index in [2.05, 4.69) is 27.5 Å². The first-order chi connectivity index (χ1) is 12.4. The first-order valence-electron chi connectivity index (χ1n) is 8.63. The van der Waals surface area contributed by atoms with Crippen LogP contribution in [0.1, 0.15) is 53.7 Å². The Kier molecular flexibility index (Phi) is 6.66. The van der Waals surface area contributed by atoms with Gasteiger partial charge in [0, 0.05) is 17.4 Å². The molecule has 0 radical (unpaired) electrons. The first kappa shape index (κ1) is 19.4. The molecule has 1 aromatic heterocycles. The molecule has 2 aromatic rings. The molecule has 1 heterocycles. The molecular weight excluding hydrogens is 332 g/mol. The lowest BCUT2D eigenvalue weighted by Gasteiger charge is -2.13. The average Bonchev–Trinajstić information content (AvgIpc) is 2.61. The molecule has 1 atom stereocenters. The molecule has 0 aliphatic rings. The van der Waals surface area contributed by atoms with Gasteiger partial charge in [-0.3, -0.25) is 4.79 Å². The van der Waals surface area contributed by atoms with Gasteiger partial charge in [-0.15, -0.1) is 0 Å². The van der Waals surface area contributed by atoms with Crippen molar-refractivity contribution in [1.82, 2.24) is 9.97 Å². The van der Waals surface area contributed by atoms with Gasteiger partial charge in [-0.25, -0.2) is 14.8 Å². The molecule has 0 spiro atoms. The van der Waals surface area contributed by atoms with E-state index in [-0.39, 0.29) is 17.6 Å². The highest BCUT2D eigenvalue weighted by molar-refractivity contribution is 6.03. The minimum Gasteiger partial charge on any atom is -0.462 e. The van der Waals surface area contributed by atoms with Gasteiger partial charge in [0.25, 0.3) is 5.91 Å². The fourth-order valence-corrected chi connectivity index (χ4v) is 2.17. The number of nitrogens with zero attached hydrogens (tertiary/aromatic N) is 2. The van der Waals surface area contributed by atoms with Crippen LogP contribution in [-0.2, 0) is 4.74 Å². The standard InChI is InChI=1S/C19H24N4O3/c1-5-12(3)20-19-21-13(4)11-16(23-19)17(24)22-15-9-7-14(8-10-15)18(25)26-6-2/h7-12H,5-6H2,1-4H3,(H,22,24)(H,20,21,23). The molecule has 2 rings (SSSR count). The molecule has 26 heavy (non-hydrogen) atoms. The Morgan fingerprint density at radius 1 is 1.15 bits per heavy atom. The van der Waals surface area contributed by atoms with Crippen molar-refractivity contribution in [2.75, 3.05) is 17.2 Å². The van der Waals surface area contributed by atoms with E-state index in [0.29, 0.717) is 29.5 Å². The molecular formula is C19H24N4O3. The summed E-state index contributed by atoms with van der Waals surface area (Å²) < 4.78 is 4.94. The number of ether oxygens (including phenoxy) is 1. The van der Waals surface area contributed by atoms with Crippen molar-refractivity contribution in [3.05, 3.63) is 47.3 Å². The number of esters is 1. The zero-order chi connectivity index (χ0) is 19.1. The summed E-state index contributed by atoms with van der Waals surface area (Å²) in [4.78, 5) is 32.7. The SMILES string of the molecule is CCOC(=O)c1ccc(NC(=O)c2cc(C)nc(NC(C)CC)n2)cc1. The van der Waals surface area contributed by atoms with Crippen LogP contribution in [-0.4, -0.2) is 34.5 Å². The molecule has 0 fully saturated rings. The van der Waals surface area contributed by atoms with Gasteiger partial charge < -0.3 is 15.4 Å². The highest BCUT2D eigenvalue weighted by Crippen LogP contribution is 2.13. The number of aryl methyl sites for hydroxylation is 1. The first-order valence-corrected chi connectivity index (χ1v) is 8.63. The third-order valence-corrected chi connectivity index (χ3v) is 3.73. The van der Waals surface area contributed by atoms with E-state index in [9.17, 15) is 9.59 Å². The summed E-state index contributed by atoms with van der Waals surface area (Å²) in [6.07, 6.45) is 0.922. The summed E-state index contributed by atoms with van der Waals surface area (Å²) in [7, 11) is 0. The Morgan fingerprint density at radius 2 is 1.85 bits per heavy atom. The quantitative estimate of drug-likeness (QED) is 0.738. The van der Waals surface area contributed by atoms with Crippen LogP contribution in [0.4, 0.5) is 11.6 Å². The molecule has 1 unspecified atom stereocenters. The number of carbonyl (C=O) groups excluding carboxylic acids is 2. The summed E-state index contributed by atoms with van der Waals surface area (Å²) in [6.45, 7) is 7.96. The second kappa shape index (κ2) is 8.94. The summed E-state index contributed by atoms with van der Waals surface area (Å²) in [5.41, 5.74) is 1.98. The van der Waals surface area contributed by atoms with Gasteiger partial charge in [-0.1, -0.05) is 6.92 Å². The van der Waals surface area contributed by atoms with Crippen molar-refractivity contribution in [1.29, 1.82) is 0 Å². The van der Waals surface area contributed by atoms with E-state index in [1.165, 1.54) is 0 Å². The zero-order valence-electron chi connectivity index (χ0n) is 15.5. The maximum Gasteiger partial charge on any atom is 0.338 e. The van der Waals surface area contributed by atoms with Gasteiger partial charge in [0.1, 0.15) is 5.69 Å². The molecule has 2 N–H and O–H groups in total. The predicted octanol–water partition coefficient (Wildman–Crippen LogP) is 3.42. The van der Waals surface area contributed by atoms with Crippen LogP contribution < -0.4 is 10.6 Å². The van der Waals surface area contributed by atoms with Crippen molar-refractivity contribution in [3.63, 3.8) is 0 Å². The Bertz CT molecular complexity index is 775. The second-order valence-electron chi connectivity index (χ2n) is 5.92. The molecule has 7 nitrogen and oxygen atoms in total. The molecule has 0 aliphatic heterocycles. The summed E-state index contributed by atoms with van der Waals surface area (Å²) >= 11 is 0. The van der Waals surface area contributed by atoms with Gasteiger partial charge in [-0.05, 0) is 57.5 Å². The van der Waals surface area contributed by atoms with E-state index >= 15 is 0 Å². The lowest BCUT2D eigenvalue weighted by molar-refractivity contribution is 0.0526. The third-order valence-electron chi connectivity index (χ3n) is 3.73. The maximum atomic E-state index is 12.5. The van der Waals surface area contributed by atoms with Crippen molar-refractivity contribution in [2.24, 2.45) is 0 Å². The van der Waals surface area contributed by atoms with E-state index < -0.39 is 5.97 Å². The van der Waals surface area contributed by atoms with Gasteiger partial charge in [-0.2, -0.15) is 0 Å². The smallest absolute Gasteiger partial charge is 0.338 e. The Balaban J connectivity index is 2.10. The number of hydrogen-bond acceptors (Lipinski definition) is 6. The molecule has 0 saturated carbocycles. The summed E-state index contributed by atoms with van der Waals surface area (Å²) in [5, 5.41) is 5.94. The van der Waals surface area contributed by atoms with Crippen molar-refractivity contribution in [2.45, 2.75) is 40.2 Å². The lowest BCUT2D eigenvalue weighted by Crippen LogP contribution is -2.19. The summed E-state index contributed by atoms with van der Waals surface area (Å²) in [6, 6.07) is 8.35. The fourth-order valence-electron chi connectivity index (χ4n) is 2.17. The number of carbonyl (C=O) groups is 2. The topological polar surface area (TPSA) is 93.2 Å². The third kappa shape index (κ3) is 5.27. The number of aromatic nitrogens is 2. The minimum absolute atomic E-state index is 0.211. The molecule has 0 saturated heterocycles. The van der Waals surface area contributed by atoms with Crippen LogP contribution in [0.15, 0.2) is 30.3 Å². The highest BCUT2D eigenvalue weighted by Gasteiger charge is 2.13. The Labute approximate surface area is 153 Å². The van der Waals surface area contributed by atoms with Crippen LogP contribution in [0.2, 0.25) is 0 Å². The monoisotopic (exact) mass is 356 g/mol. The van der Waals surface area contributed by atoms with Crippen LogP contribution in [0, 0.1) is 6.92 Å². The second-order valence-corrected chi connectivity index (χ2v) is 5.92. The minimum atomic E-state index is -0.391. The molecule has 7 heteroatoms. The van der Waals surface area contributed by atoms with Gasteiger partial charge in [0.05, 0.1) is 12.2 Å². The zero-order valence-corrected chi connectivity index (χ0v) is 15.5. The fraction of sp³-hybridized carbons (Fsp3) is 0.368. The molecule has 0 aliphatic carbocycles. The number of amides is 1. The van der Waals surface area contributed by atoms with E-state index in [1.54, 1.807) is 37.3 Å². The van der Waals surface area contributed by atoms with Crippen molar-refractivity contribution in [3.8, 4) is 0 Å². The highest BCUT2D eigenvalue weighted by atomic mass is 16.5. The summed E-state index contributed by atoms with van der Waals surface area (Å²) in [5.74, 6) is -0.300. The number of nitrogens with one attached hydrogen (secondary N) is 2. The van der Waals surface area contributed by atoms with Crippen molar-refractivity contribution < 1.29 is 14.3 Å². The van der Waals surface area contributed by atoms with Crippen molar-refractivity contribution >= 4 is 23.5 Å². The van der Waals surface area contributed by atoms with Gasteiger partial charge >= 0.3 is 5.97 Å². The van der Waals surface area contributed by atoms with Gasteiger partial charge in [0.15, 0.2) is 0 Å². The molecule has 1 amide bonds. The molecule has 0 bridgehead atoms. The van der Waals surface area contributed by atoms with Crippen LogP contribution in [0.3, 0.4) is 0 Å². The lowest BCUT2D eigenvalue weighted by atomic mass is 10.2. The maximum absolute atomic E-state index is 12.5. The van der Waals surface area contributed by atoms with Crippen LogP contribution in [0.25, 0.3) is 0 Å². The number of benzene rings is 1. The average molecular weight is 356 g/mol. The van der Waals surface area contributed by atoms with Crippen LogP contribution in [0.5, 0.6) is 0 Å². The largest absolute Gasteiger partial charge is 0.462 e. The van der Waals surface area contributed by atoms with Gasteiger partial charge in [0.2, 0.25) is 5.95 Å². The predicted molar refractivity (Wildman–Crippen MR) is 100 cm³/mol. The number of hydrogen-bond donors (Lipinski definition) is 2. The number of anilines is 2. The van der Waals surface area contributed by atoms with E-state index in [0.717, 1.165) is 6.42 Å². The Hall–Kier alpha value is -2.96. The number of rotatable bonds is 7.